The van der Waals surface area contributed by atoms with Gasteiger partial charge in [0.1, 0.15) is 10.8 Å². The van der Waals surface area contributed by atoms with E-state index in [2.05, 4.69) is 14.9 Å². The Morgan fingerprint density at radius 2 is 2.05 bits per heavy atom. The van der Waals surface area contributed by atoms with Gasteiger partial charge in [-0.15, -0.1) is 11.3 Å². The summed E-state index contributed by atoms with van der Waals surface area (Å²) < 4.78 is 9.73. The van der Waals surface area contributed by atoms with E-state index in [-0.39, 0.29) is 5.97 Å². The maximum absolute atomic E-state index is 11.4. The van der Waals surface area contributed by atoms with Crippen molar-refractivity contribution in [3.63, 3.8) is 0 Å². The topological polar surface area (TPSA) is 65.2 Å². The van der Waals surface area contributed by atoms with E-state index in [1.54, 1.807) is 18.3 Å². The highest BCUT2D eigenvalue weighted by atomic mass is 32.1. The SMILES string of the molecule is COC(=O)c1ccc(-c2nc(-c3cnoc3C)cs2)cc1. The van der Waals surface area contributed by atoms with Crippen LogP contribution in [0.2, 0.25) is 0 Å². The first-order chi connectivity index (χ1) is 10.2. The molecule has 0 aliphatic heterocycles. The molecule has 6 heteroatoms. The first-order valence-corrected chi connectivity index (χ1v) is 7.13. The molecule has 0 fully saturated rings. The number of esters is 1. The van der Waals surface area contributed by atoms with Crippen molar-refractivity contribution < 1.29 is 14.1 Å². The van der Waals surface area contributed by atoms with Crippen LogP contribution in [0.1, 0.15) is 16.1 Å². The third-order valence-corrected chi connectivity index (χ3v) is 3.98. The summed E-state index contributed by atoms with van der Waals surface area (Å²) in [7, 11) is 1.37. The Bertz CT molecular complexity index is 774. The smallest absolute Gasteiger partial charge is 0.337 e. The van der Waals surface area contributed by atoms with Crippen molar-refractivity contribution in [1.29, 1.82) is 0 Å². The molecule has 0 unspecified atom stereocenters. The standard InChI is InChI=1S/C15H12N2O3S/c1-9-12(7-16-20-9)13-8-21-14(17-13)10-3-5-11(6-4-10)15(18)19-2/h3-8H,1-2H3. The first-order valence-electron chi connectivity index (χ1n) is 6.25. The lowest BCUT2D eigenvalue weighted by Gasteiger charge is -2.00. The first kappa shape index (κ1) is 13.5. The lowest BCUT2D eigenvalue weighted by atomic mass is 10.1. The molecule has 0 aliphatic carbocycles. The van der Waals surface area contributed by atoms with Crippen molar-refractivity contribution in [2.45, 2.75) is 6.92 Å². The summed E-state index contributed by atoms with van der Waals surface area (Å²) in [6.07, 6.45) is 1.66. The summed E-state index contributed by atoms with van der Waals surface area (Å²) >= 11 is 1.53. The van der Waals surface area contributed by atoms with Crippen molar-refractivity contribution in [1.82, 2.24) is 10.1 Å². The molecular weight excluding hydrogens is 288 g/mol. The molecule has 0 spiro atoms. The minimum atomic E-state index is -0.346. The number of methoxy groups -OCH3 is 1. The molecule has 1 aromatic carbocycles. The molecule has 0 saturated carbocycles. The predicted molar refractivity (Wildman–Crippen MR) is 79.1 cm³/mol. The molecule has 2 aromatic heterocycles. The number of aryl methyl sites for hydroxylation is 1. The summed E-state index contributed by atoms with van der Waals surface area (Å²) in [5.74, 6) is 0.398. The molecule has 3 aromatic rings. The number of nitrogens with zero attached hydrogens (tertiary/aromatic N) is 2. The van der Waals surface area contributed by atoms with Crippen LogP contribution < -0.4 is 0 Å². The molecule has 21 heavy (non-hydrogen) atoms. The van der Waals surface area contributed by atoms with Gasteiger partial charge in [0.25, 0.3) is 0 Å². The second-order valence-electron chi connectivity index (χ2n) is 4.40. The van der Waals surface area contributed by atoms with Crippen molar-refractivity contribution in [2.75, 3.05) is 7.11 Å². The number of aromatic nitrogens is 2. The molecule has 0 saturated heterocycles. The minimum Gasteiger partial charge on any atom is -0.465 e. The highest BCUT2D eigenvalue weighted by Crippen LogP contribution is 2.30. The number of hydrogen-bond donors (Lipinski definition) is 0. The van der Waals surface area contributed by atoms with Crippen LogP contribution in [-0.2, 0) is 4.74 Å². The number of rotatable bonds is 3. The van der Waals surface area contributed by atoms with Crippen molar-refractivity contribution in [2.24, 2.45) is 0 Å². The van der Waals surface area contributed by atoms with Gasteiger partial charge in [-0.25, -0.2) is 9.78 Å². The van der Waals surface area contributed by atoms with Gasteiger partial charge in [0.05, 0.1) is 30.1 Å². The molecule has 0 aliphatic rings. The zero-order valence-electron chi connectivity index (χ0n) is 11.5. The molecule has 0 N–H and O–H groups in total. The second kappa shape index (κ2) is 5.49. The van der Waals surface area contributed by atoms with Gasteiger partial charge in [0.2, 0.25) is 0 Å². The van der Waals surface area contributed by atoms with Gasteiger partial charge in [-0.1, -0.05) is 17.3 Å². The van der Waals surface area contributed by atoms with E-state index in [4.69, 9.17) is 4.52 Å². The Kier molecular flexibility index (Phi) is 3.53. The van der Waals surface area contributed by atoms with Crippen molar-refractivity contribution in [3.8, 4) is 21.8 Å². The quantitative estimate of drug-likeness (QED) is 0.692. The largest absolute Gasteiger partial charge is 0.465 e. The average Bonchev–Trinajstić information content (AvgIpc) is 3.15. The summed E-state index contributed by atoms with van der Waals surface area (Å²) in [6, 6.07) is 7.17. The fourth-order valence-electron chi connectivity index (χ4n) is 1.94. The maximum atomic E-state index is 11.4. The Hall–Kier alpha value is -2.47. The Morgan fingerprint density at radius 3 is 2.67 bits per heavy atom. The van der Waals surface area contributed by atoms with Crippen LogP contribution in [0.5, 0.6) is 0 Å². The Morgan fingerprint density at radius 1 is 1.29 bits per heavy atom. The summed E-state index contributed by atoms with van der Waals surface area (Å²) in [5.41, 5.74) is 3.20. The highest BCUT2D eigenvalue weighted by Gasteiger charge is 2.12. The van der Waals surface area contributed by atoms with Crippen LogP contribution in [0.15, 0.2) is 40.4 Å². The zero-order valence-corrected chi connectivity index (χ0v) is 12.3. The van der Waals surface area contributed by atoms with Crippen LogP contribution in [0.4, 0.5) is 0 Å². The lowest BCUT2D eigenvalue weighted by molar-refractivity contribution is 0.0601. The molecule has 0 atom stereocenters. The molecular formula is C15H12N2O3S. The minimum absolute atomic E-state index is 0.346. The van der Waals surface area contributed by atoms with Gasteiger partial charge >= 0.3 is 5.97 Å². The Labute approximate surface area is 125 Å². The summed E-state index contributed by atoms with van der Waals surface area (Å²) in [6.45, 7) is 1.85. The van der Waals surface area contributed by atoms with Crippen LogP contribution >= 0.6 is 11.3 Å². The summed E-state index contributed by atoms with van der Waals surface area (Å²) in [5, 5.41) is 6.60. The molecule has 106 valence electrons. The van der Waals surface area contributed by atoms with Crippen LogP contribution in [-0.4, -0.2) is 23.2 Å². The van der Waals surface area contributed by atoms with Crippen LogP contribution in [0.25, 0.3) is 21.8 Å². The lowest BCUT2D eigenvalue weighted by Crippen LogP contribution is -2.00. The Balaban J connectivity index is 1.90. The van der Waals surface area contributed by atoms with Crippen LogP contribution in [0, 0.1) is 6.92 Å². The zero-order chi connectivity index (χ0) is 14.8. The van der Waals surface area contributed by atoms with Gasteiger partial charge in [-0.2, -0.15) is 0 Å². The van der Waals surface area contributed by atoms with E-state index in [1.165, 1.54) is 18.4 Å². The number of thiazole rings is 1. The number of hydrogen-bond acceptors (Lipinski definition) is 6. The highest BCUT2D eigenvalue weighted by molar-refractivity contribution is 7.13. The van der Waals surface area contributed by atoms with Crippen molar-refractivity contribution in [3.05, 3.63) is 47.2 Å². The number of ether oxygens (including phenoxy) is 1. The molecule has 0 bridgehead atoms. The molecule has 0 amide bonds. The van der Waals surface area contributed by atoms with Crippen LogP contribution in [0.3, 0.4) is 0 Å². The normalized spacial score (nSPS) is 10.6. The van der Waals surface area contributed by atoms with E-state index >= 15 is 0 Å². The number of carbonyl (C=O) groups excluding carboxylic acids is 1. The molecule has 5 nitrogen and oxygen atoms in total. The van der Waals surface area contributed by atoms with Gasteiger partial charge in [-0.05, 0) is 19.1 Å². The average molecular weight is 300 g/mol. The molecule has 0 radical (unpaired) electrons. The number of carbonyl (C=O) groups is 1. The monoisotopic (exact) mass is 300 g/mol. The van der Waals surface area contributed by atoms with E-state index in [1.807, 2.05) is 24.4 Å². The fourth-order valence-corrected chi connectivity index (χ4v) is 2.77. The summed E-state index contributed by atoms with van der Waals surface area (Å²) in [4.78, 5) is 16.0. The van der Waals surface area contributed by atoms with E-state index in [9.17, 15) is 4.79 Å². The van der Waals surface area contributed by atoms with Gasteiger partial charge in [0, 0.05) is 10.9 Å². The van der Waals surface area contributed by atoms with Gasteiger partial charge < -0.3 is 9.26 Å². The van der Waals surface area contributed by atoms with Gasteiger partial charge in [0.15, 0.2) is 0 Å². The van der Waals surface area contributed by atoms with E-state index in [0.29, 0.717) is 5.56 Å². The van der Waals surface area contributed by atoms with Crippen molar-refractivity contribution >= 4 is 17.3 Å². The second-order valence-corrected chi connectivity index (χ2v) is 5.26. The fraction of sp³-hybridized carbons (Fsp3) is 0.133. The number of benzene rings is 1. The van der Waals surface area contributed by atoms with Gasteiger partial charge in [-0.3, -0.25) is 0 Å². The molecule has 3 rings (SSSR count). The van der Waals surface area contributed by atoms with E-state index in [0.717, 1.165) is 27.6 Å². The molecule has 2 heterocycles. The predicted octanol–water partition coefficient (Wildman–Crippen LogP) is 3.56. The third-order valence-electron chi connectivity index (χ3n) is 3.08. The maximum Gasteiger partial charge on any atom is 0.337 e. The van der Waals surface area contributed by atoms with E-state index < -0.39 is 0 Å². The third kappa shape index (κ3) is 2.57.